The fraction of sp³-hybridized carbons (Fsp3) is 0.923. The molecule has 3 nitrogen and oxygen atoms in total. The van der Waals surface area contributed by atoms with Gasteiger partial charge in [0.05, 0.1) is 0 Å². The van der Waals surface area contributed by atoms with Crippen LogP contribution in [0.25, 0.3) is 0 Å². The van der Waals surface area contributed by atoms with Crippen LogP contribution in [0, 0.1) is 23.7 Å². The Bertz CT molecular complexity index is 254. The summed E-state index contributed by atoms with van der Waals surface area (Å²) in [5.74, 6) is 1.65. The van der Waals surface area contributed by atoms with Crippen LogP contribution in [0.1, 0.15) is 44.9 Å². The molecule has 92 valence electrons. The molecule has 2 fully saturated rings. The lowest BCUT2D eigenvalue weighted by Crippen LogP contribution is -2.26. The number of carboxylic acids is 1. The molecule has 2 saturated carbocycles. The predicted molar refractivity (Wildman–Crippen MR) is 63.0 cm³/mol. The van der Waals surface area contributed by atoms with Crippen molar-refractivity contribution in [3.8, 4) is 0 Å². The van der Waals surface area contributed by atoms with Crippen molar-refractivity contribution >= 4 is 5.97 Å². The van der Waals surface area contributed by atoms with E-state index in [0.29, 0.717) is 24.8 Å². The predicted octanol–water partition coefficient (Wildman–Crippen LogP) is 2.25. The van der Waals surface area contributed by atoms with Crippen LogP contribution in [-0.4, -0.2) is 17.6 Å². The van der Waals surface area contributed by atoms with Gasteiger partial charge in [-0.05, 0) is 43.1 Å². The molecule has 0 amide bonds. The van der Waals surface area contributed by atoms with E-state index in [1.54, 1.807) is 0 Å². The molecule has 0 aromatic carbocycles. The fourth-order valence-electron chi connectivity index (χ4n) is 4.01. The van der Waals surface area contributed by atoms with Gasteiger partial charge in [0.15, 0.2) is 0 Å². The van der Waals surface area contributed by atoms with Crippen molar-refractivity contribution in [3.63, 3.8) is 0 Å². The van der Waals surface area contributed by atoms with Crippen molar-refractivity contribution in [2.75, 3.05) is 6.54 Å². The Hall–Kier alpha value is -0.570. The van der Waals surface area contributed by atoms with Gasteiger partial charge in [0, 0.05) is 6.42 Å². The lowest BCUT2D eigenvalue weighted by Gasteiger charge is -2.23. The van der Waals surface area contributed by atoms with Crippen molar-refractivity contribution in [2.24, 2.45) is 29.4 Å². The standard InChI is InChI=1S/C13H23NO2/c14-8-12-10(7-13(15)16)6-9-4-2-1-3-5-11(9)12/h9-12H,1-8,14H2,(H,15,16). The summed E-state index contributed by atoms with van der Waals surface area (Å²) in [5, 5.41) is 8.94. The van der Waals surface area contributed by atoms with Crippen molar-refractivity contribution in [3.05, 3.63) is 0 Å². The highest BCUT2D eigenvalue weighted by atomic mass is 16.4. The zero-order valence-electron chi connectivity index (χ0n) is 9.90. The zero-order chi connectivity index (χ0) is 11.5. The number of carboxylic acid groups (broad SMARTS) is 1. The van der Waals surface area contributed by atoms with E-state index in [-0.39, 0.29) is 0 Å². The first kappa shape index (κ1) is 11.9. The first-order valence-electron chi connectivity index (χ1n) is 6.64. The van der Waals surface area contributed by atoms with Gasteiger partial charge in [-0.2, -0.15) is 0 Å². The summed E-state index contributed by atoms with van der Waals surface area (Å²) < 4.78 is 0. The number of aliphatic carboxylic acids is 1. The molecule has 3 heteroatoms. The molecule has 0 saturated heterocycles. The smallest absolute Gasteiger partial charge is 0.303 e. The molecule has 0 aromatic rings. The summed E-state index contributed by atoms with van der Waals surface area (Å²) in [5.41, 5.74) is 5.86. The maximum atomic E-state index is 10.8. The number of fused-ring (bicyclic) bond motifs is 1. The fourth-order valence-corrected chi connectivity index (χ4v) is 4.01. The summed E-state index contributed by atoms with van der Waals surface area (Å²) in [4.78, 5) is 10.8. The van der Waals surface area contributed by atoms with Gasteiger partial charge in [0.2, 0.25) is 0 Å². The Morgan fingerprint density at radius 2 is 2.00 bits per heavy atom. The molecular formula is C13H23NO2. The lowest BCUT2D eigenvalue weighted by molar-refractivity contribution is -0.138. The lowest BCUT2D eigenvalue weighted by atomic mass is 9.83. The highest BCUT2D eigenvalue weighted by Gasteiger charge is 2.42. The minimum atomic E-state index is -0.653. The number of nitrogens with two attached hydrogens (primary N) is 1. The number of hydrogen-bond donors (Lipinski definition) is 2. The number of rotatable bonds is 3. The first-order chi connectivity index (χ1) is 7.72. The largest absolute Gasteiger partial charge is 0.481 e. The van der Waals surface area contributed by atoms with Gasteiger partial charge in [0.25, 0.3) is 0 Å². The molecular weight excluding hydrogens is 202 g/mol. The molecule has 2 rings (SSSR count). The quantitative estimate of drug-likeness (QED) is 0.774. The van der Waals surface area contributed by atoms with Crippen LogP contribution in [0.3, 0.4) is 0 Å². The highest BCUT2D eigenvalue weighted by molar-refractivity contribution is 5.67. The van der Waals surface area contributed by atoms with Gasteiger partial charge in [-0.25, -0.2) is 0 Å². The average molecular weight is 225 g/mol. The summed E-state index contributed by atoms with van der Waals surface area (Å²) in [6, 6.07) is 0. The maximum absolute atomic E-state index is 10.8. The van der Waals surface area contributed by atoms with Crippen LogP contribution >= 0.6 is 0 Å². The third-order valence-electron chi connectivity index (χ3n) is 4.69. The second-order valence-electron chi connectivity index (χ2n) is 5.56. The third-order valence-corrected chi connectivity index (χ3v) is 4.69. The van der Waals surface area contributed by atoms with Crippen LogP contribution in [0.5, 0.6) is 0 Å². The van der Waals surface area contributed by atoms with E-state index >= 15 is 0 Å². The van der Waals surface area contributed by atoms with E-state index in [4.69, 9.17) is 10.8 Å². The van der Waals surface area contributed by atoms with Gasteiger partial charge in [-0.3, -0.25) is 4.79 Å². The first-order valence-corrected chi connectivity index (χ1v) is 6.64. The molecule has 4 atom stereocenters. The second kappa shape index (κ2) is 5.17. The van der Waals surface area contributed by atoms with Crippen molar-refractivity contribution in [2.45, 2.75) is 44.9 Å². The number of carbonyl (C=O) groups is 1. The average Bonchev–Trinajstić information content (AvgIpc) is 2.42. The van der Waals surface area contributed by atoms with Gasteiger partial charge >= 0.3 is 5.97 Å². The SMILES string of the molecule is NCC1C(CC(=O)O)CC2CCCCCC21. The summed E-state index contributed by atoms with van der Waals surface area (Å²) in [6.07, 6.45) is 8.03. The van der Waals surface area contributed by atoms with Crippen LogP contribution in [-0.2, 0) is 4.79 Å². The van der Waals surface area contributed by atoms with E-state index in [1.807, 2.05) is 0 Å². The molecule has 3 N–H and O–H groups in total. The van der Waals surface area contributed by atoms with Gasteiger partial charge in [-0.1, -0.05) is 25.7 Å². The Morgan fingerprint density at radius 1 is 1.25 bits per heavy atom. The summed E-state index contributed by atoms with van der Waals surface area (Å²) >= 11 is 0. The maximum Gasteiger partial charge on any atom is 0.303 e. The van der Waals surface area contributed by atoms with Crippen molar-refractivity contribution in [1.29, 1.82) is 0 Å². The zero-order valence-corrected chi connectivity index (χ0v) is 9.90. The van der Waals surface area contributed by atoms with E-state index < -0.39 is 5.97 Å². The Balaban J connectivity index is 2.04. The highest BCUT2D eigenvalue weighted by Crippen LogP contribution is 2.48. The molecule has 2 aliphatic carbocycles. The molecule has 16 heavy (non-hydrogen) atoms. The topological polar surface area (TPSA) is 63.3 Å². The normalized spacial score (nSPS) is 39.1. The van der Waals surface area contributed by atoms with E-state index in [1.165, 1.54) is 32.1 Å². The number of hydrogen-bond acceptors (Lipinski definition) is 2. The third kappa shape index (κ3) is 2.40. The van der Waals surface area contributed by atoms with Crippen LogP contribution in [0.2, 0.25) is 0 Å². The minimum Gasteiger partial charge on any atom is -0.481 e. The molecule has 0 spiro atoms. The van der Waals surface area contributed by atoms with Crippen LogP contribution < -0.4 is 5.73 Å². The Labute approximate surface area is 97.4 Å². The van der Waals surface area contributed by atoms with Gasteiger partial charge < -0.3 is 10.8 Å². The molecule has 0 bridgehead atoms. The molecule has 0 heterocycles. The van der Waals surface area contributed by atoms with Crippen LogP contribution in [0.15, 0.2) is 0 Å². The Kier molecular flexibility index (Phi) is 3.85. The second-order valence-corrected chi connectivity index (χ2v) is 5.56. The molecule has 4 unspecified atom stereocenters. The van der Waals surface area contributed by atoms with Gasteiger partial charge in [-0.15, -0.1) is 0 Å². The summed E-state index contributed by atoms with van der Waals surface area (Å²) in [6.45, 7) is 0.680. The van der Waals surface area contributed by atoms with E-state index in [2.05, 4.69) is 0 Å². The van der Waals surface area contributed by atoms with E-state index in [9.17, 15) is 4.79 Å². The Morgan fingerprint density at radius 3 is 2.69 bits per heavy atom. The molecule has 0 aromatic heterocycles. The van der Waals surface area contributed by atoms with Crippen molar-refractivity contribution < 1.29 is 9.90 Å². The minimum absolute atomic E-state index is 0.328. The van der Waals surface area contributed by atoms with Crippen molar-refractivity contribution in [1.82, 2.24) is 0 Å². The molecule has 0 radical (unpaired) electrons. The monoisotopic (exact) mass is 225 g/mol. The molecule has 0 aliphatic heterocycles. The summed E-state index contributed by atoms with van der Waals surface area (Å²) in [7, 11) is 0. The van der Waals surface area contributed by atoms with Gasteiger partial charge in [0.1, 0.15) is 0 Å². The molecule has 2 aliphatic rings. The van der Waals surface area contributed by atoms with Crippen LogP contribution in [0.4, 0.5) is 0 Å². The van der Waals surface area contributed by atoms with E-state index in [0.717, 1.165) is 18.3 Å².